The molecule has 0 fully saturated rings. The SMILES string of the molecule is O=C(COC(=O)c1cccc([N+](=O)[O-])c1)Nc1ncc([N+](=O)[O-])s1. The van der Waals surface area contributed by atoms with Crippen molar-refractivity contribution in [2.24, 2.45) is 0 Å². The highest BCUT2D eigenvalue weighted by Gasteiger charge is 2.16. The van der Waals surface area contributed by atoms with E-state index in [-0.39, 0.29) is 21.4 Å². The number of carbonyl (C=O) groups is 2. The Labute approximate surface area is 137 Å². The van der Waals surface area contributed by atoms with Crippen molar-refractivity contribution < 1.29 is 24.2 Å². The summed E-state index contributed by atoms with van der Waals surface area (Å²) < 4.78 is 4.72. The van der Waals surface area contributed by atoms with Crippen LogP contribution in [0.15, 0.2) is 30.5 Å². The number of thiazole rings is 1. The number of hydrogen-bond acceptors (Lipinski definition) is 9. The second kappa shape index (κ2) is 7.23. The number of carbonyl (C=O) groups excluding carboxylic acids is 2. The maximum absolute atomic E-state index is 11.7. The first-order valence-electron chi connectivity index (χ1n) is 6.18. The Morgan fingerprint density at radius 3 is 2.62 bits per heavy atom. The molecule has 24 heavy (non-hydrogen) atoms. The van der Waals surface area contributed by atoms with Crippen LogP contribution in [0.3, 0.4) is 0 Å². The first-order chi connectivity index (χ1) is 11.4. The number of ether oxygens (including phenoxy) is 1. The van der Waals surface area contributed by atoms with E-state index in [2.05, 4.69) is 10.3 Å². The lowest BCUT2D eigenvalue weighted by atomic mass is 10.2. The number of anilines is 1. The lowest BCUT2D eigenvalue weighted by Gasteiger charge is -2.04. The van der Waals surface area contributed by atoms with Gasteiger partial charge < -0.3 is 4.74 Å². The lowest BCUT2D eigenvalue weighted by Crippen LogP contribution is -2.20. The molecule has 0 aliphatic carbocycles. The van der Waals surface area contributed by atoms with Gasteiger partial charge in [0.15, 0.2) is 11.7 Å². The Morgan fingerprint density at radius 2 is 2.00 bits per heavy atom. The van der Waals surface area contributed by atoms with Gasteiger partial charge in [-0.25, -0.2) is 9.78 Å². The van der Waals surface area contributed by atoms with Crippen LogP contribution in [-0.4, -0.2) is 33.3 Å². The molecule has 124 valence electrons. The molecule has 0 aliphatic rings. The molecule has 1 aromatic heterocycles. The van der Waals surface area contributed by atoms with E-state index in [1.807, 2.05) is 0 Å². The third-order valence-corrected chi connectivity index (χ3v) is 3.41. The van der Waals surface area contributed by atoms with Gasteiger partial charge in [0.05, 0.1) is 15.4 Å². The van der Waals surface area contributed by atoms with Crippen LogP contribution in [0.5, 0.6) is 0 Å². The predicted molar refractivity (Wildman–Crippen MR) is 80.8 cm³/mol. The van der Waals surface area contributed by atoms with E-state index in [0.29, 0.717) is 11.3 Å². The van der Waals surface area contributed by atoms with Crippen LogP contribution in [0.25, 0.3) is 0 Å². The third kappa shape index (κ3) is 4.30. The molecule has 2 aromatic rings. The fourth-order valence-electron chi connectivity index (χ4n) is 1.52. The molecule has 12 heteroatoms. The van der Waals surface area contributed by atoms with Crippen molar-refractivity contribution in [1.29, 1.82) is 0 Å². The highest BCUT2D eigenvalue weighted by Crippen LogP contribution is 2.24. The molecule has 1 aromatic carbocycles. The maximum atomic E-state index is 11.7. The summed E-state index contributed by atoms with van der Waals surface area (Å²) in [7, 11) is 0. The third-order valence-electron chi connectivity index (χ3n) is 2.55. The molecule has 1 amide bonds. The van der Waals surface area contributed by atoms with E-state index in [0.717, 1.165) is 12.3 Å². The molecular weight excluding hydrogens is 344 g/mol. The smallest absolute Gasteiger partial charge is 0.345 e. The Hall–Kier alpha value is -3.41. The topological polar surface area (TPSA) is 155 Å². The zero-order chi connectivity index (χ0) is 17.7. The minimum Gasteiger partial charge on any atom is -0.452 e. The van der Waals surface area contributed by atoms with Gasteiger partial charge >= 0.3 is 11.0 Å². The highest BCUT2D eigenvalue weighted by molar-refractivity contribution is 7.18. The van der Waals surface area contributed by atoms with Crippen molar-refractivity contribution in [3.8, 4) is 0 Å². The minimum absolute atomic E-state index is 0.0157. The molecule has 11 nitrogen and oxygen atoms in total. The maximum Gasteiger partial charge on any atom is 0.345 e. The number of nitrogens with zero attached hydrogens (tertiary/aromatic N) is 3. The van der Waals surface area contributed by atoms with E-state index in [1.165, 1.54) is 18.2 Å². The van der Waals surface area contributed by atoms with Crippen LogP contribution in [-0.2, 0) is 9.53 Å². The Kier molecular flexibility index (Phi) is 5.11. The normalized spacial score (nSPS) is 10.0. The molecule has 0 radical (unpaired) electrons. The van der Waals surface area contributed by atoms with E-state index in [9.17, 15) is 29.8 Å². The van der Waals surface area contributed by atoms with Gasteiger partial charge in [-0.1, -0.05) is 6.07 Å². The largest absolute Gasteiger partial charge is 0.452 e. The Morgan fingerprint density at radius 1 is 1.25 bits per heavy atom. The van der Waals surface area contributed by atoms with Crippen molar-refractivity contribution in [2.45, 2.75) is 0 Å². The van der Waals surface area contributed by atoms with Crippen LogP contribution in [0.2, 0.25) is 0 Å². The Bertz CT molecular complexity index is 819. The van der Waals surface area contributed by atoms with Gasteiger partial charge in [-0.2, -0.15) is 0 Å². The van der Waals surface area contributed by atoms with E-state index >= 15 is 0 Å². The predicted octanol–water partition coefficient (Wildman–Crippen LogP) is 1.75. The molecule has 0 unspecified atom stereocenters. The number of nitrogens with one attached hydrogen (secondary N) is 1. The summed E-state index contributed by atoms with van der Waals surface area (Å²) in [5.74, 6) is -1.67. The summed E-state index contributed by atoms with van der Waals surface area (Å²) in [6, 6.07) is 4.84. The standard InChI is InChI=1S/C12H8N4O7S/c17-9(14-12-13-5-10(24-12)16(21)22)6-23-11(18)7-2-1-3-8(4-7)15(19)20/h1-5H,6H2,(H,13,14,17). The van der Waals surface area contributed by atoms with Crippen molar-refractivity contribution in [2.75, 3.05) is 11.9 Å². The zero-order valence-electron chi connectivity index (χ0n) is 11.7. The fraction of sp³-hybridized carbons (Fsp3) is 0.0833. The first kappa shape index (κ1) is 17.0. The first-order valence-corrected chi connectivity index (χ1v) is 7.00. The fourth-order valence-corrected chi connectivity index (χ4v) is 2.17. The van der Waals surface area contributed by atoms with Crippen LogP contribution >= 0.6 is 11.3 Å². The number of nitro benzene ring substituents is 1. The summed E-state index contributed by atoms with van der Waals surface area (Å²) in [6.45, 7) is -0.672. The second-order valence-corrected chi connectivity index (χ2v) is 5.20. The number of esters is 1. The number of nitro groups is 2. The van der Waals surface area contributed by atoms with Crippen molar-refractivity contribution in [3.63, 3.8) is 0 Å². The zero-order valence-corrected chi connectivity index (χ0v) is 12.5. The van der Waals surface area contributed by atoms with Crippen molar-refractivity contribution in [1.82, 2.24) is 4.98 Å². The number of rotatable bonds is 6. The molecule has 0 atom stereocenters. The molecule has 0 aliphatic heterocycles. The van der Waals surface area contributed by atoms with Gasteiger partial charge in [-0.05, 0) is 17.4 Å². The summed E-state index contributed by atoms with van der Waals surface area (Å²) >= 11 is 0.648. The summed E-state index contributed by atoms with van der Waals surface area (Å²) in [5, 5.41) is 23.1. The molecule has 1 N–H and O–H groups in total. The van der Waals surface area contributed by atoms with E-state index in [4.69, 9.17) is 4.74 Å². The van der Waals surface area contributed by atoms with Gasteiger partial charge in [-0.3, -0.25) is 30.3 Å². The molecule has 2 rings (SSSR count). The summed E-state index contributed by atoms with van der Waals surface area (Å²) in [4.78, 5) is 46.8. The molecule has 0 saturated carbocycles. The molecular formula is C12H8N4O7S. The number of hydrogen-bond donors (Lipinski definition) is 1. The monoisotopic (exact) mass is 352 g/mol. The van der Waals surface area contributed by atoms with Gasteiger partial charge in [-0.15, -0.1) is 0 Å². The summed E-state index contributed by atoms with van der Waals surface area (Å²) in [5.41, 5.74) is -0.370. The summed E-state index contributed by atoms with van der Waals surface area (Å²) in [6.07, 6.45) is 0.982. The van der Waals surface area contributed by atoms with Crippen LogP contribution in [0.1, 0.15) is 10.4 Å². The van der Waals surface area contributed by atoms with Crippen LogP contribution in [0.4, 0.5) is 15.8 Å². The minimum atomic E-state index is -0.918. The highest BCUT2D eigenvalue weighted by atomic mass is 32.1. The van der Waals surface area contributed by atoms with E-state index < -0.39 is 28.3 Å². The molecule has 0 saturated heterocycles. The molecule has 0 bridgehead atoms. The van der Waals surface area contributed by atoms with Crippen LogP contribution < -0.4 is 5.32 Å². The lowest BCUT2D eigenvalue weighted by molar-refractivity contribution is -0.384. The van der Waals surface area contributed by atoms with Gasteiger partial charge in [0.25, 0.3) is 11.6 Å². The molecule has 1 heterocycles. The second-order valence-electron chi connectivity index (χ2n) is 4.19. The van der Waals surface area contributed by atoms with Crippen LogP contribution in [0, 0.1) is 20.2 Å². The van der Waals surface area contributed by atoms with Gasteiger partial charge in [0, 0.05) is 12.1 Å². The van der Waals surface area contributed by atoms with Gasteiger partial charge in [0.2, 0.25) is 0 Å². The quantitative estimate of drug-likeness (QED) is 0.468. The van der Waals surface area contributed by atoms with Gasteiger partial charge in [0.1, 0.15) is 6.20 Å². The Balaban J connectivity index is 1.91. The number of amides is 1. The van der Waals surface area contributed by atoms with E-state index in [1.54, 1.807) is 0 Å². The van der Waals surface area contributed by atoms with Crippen molar-refractivity contribution >= 4 is 39.0 Å². The number of non-ortho nitro benzene ring substituents is 1. The van der Waals surface area contributed by atoms with Crippen molar-refractivity contribution in [3.05, 3.63) is 56.3 Å². The average Bonchev–Trinajstić information content (AvgIpc) is 3.01. The number of aromatic nitrogens is 1. The average molecular weight is 352 g/mol. The number of benzene rings is 1. The molecule has 0 spiro atoms.